The molecule has 2 heterocycles. The van der Waals surface area contributed by atoms with Crippen LogP contribution in [0, 0.1) is 11.3 Å². The molecule has 7 heteroatoms. The maximum atomic E-state index is 13.0. The molecule has 0 radical (unpaired) electrons. The molecular weight excluding hydrogens is 380 g/mol. The van der Waals surface area contributed by atoms with Crippen LogP contribution in [0.15, 0.2) is 29.4 Å². The van der Waals surface area contributed by atoms with Crippen LogP contribution in [-0.2, 0) is 14.3 Å². The summed E-state index contributed by atoms with van der Waals surface area (Å²) >= 11 is 0. The molecule has 3 aliphatic rings. The molecule has 7 nitrogen and oxygen atoms in total. The van der Waals surface area contributed by atoms with E-state index in [0.717, 1.165) is 48.6 Å². The zero-order chi connectivity index (χ0) is 21.5. The van der Waals surface area contributed by atoms with Gasteiger partial charge >= 0.3 is 0 Å². The summed E-state index contributed by atoms with van der Waals surface area (Å²) in [7, 11) is 0. The Labute approximate surface area is 177 Å². The fourth-order valence-corrected chi connectivity index (χ4v) is 4.16. The van der Waals surface area contributed by atoms with Crippen molar-refractivity contribution >= 4 is 35.0 Å². The van der Waals surface area contributed by atoms with Crippen LogP contribution < -0.4 is 15.5 Å². The highest BCUT2D eigenvalue weighted by atomic mass is 16.5. The van der Waals surface area contributed by atoms with E-state index in [0.29, 0.717) is 13.1 Å². The average molecular weight is 411 g/mol. The van der Waals surface area contributed by atoms with E-state index in [-0.39, 0.29) is 29.2 Å². The number of allylic oxidation sites excluding steroid dienone is 1. The van der Waals surface area contributed by atoms with Crippen LogP contribution in [0.25, 0.3) is 5.57 Å². The number of fused-ring (bicyclic) bond motifs is 1. The highest BCUT2D eigenvalue weighted by Gasteiger charge is 2.39. The summed E-state index contributed by atoms with van der Waals surface area (Å²) in [5, 5.41) is 0. The molecule has 2 amide bonds. The van der Waals surface area contributed by atoms with E-state index in [9.17, 15) is 9.59 Å². The van der Waals surface area contributed by atoms with Gasteiger partial charge in [-0.15, -0.1) is 0 Å². The van der Waals surface area contributed by atoms with Gasteiger partial charge in [0.25, 0.3) is 0 Å². The van der Waals surface area contributed by atoms with Crippen LogP contribution in [0.2, 0.25) is 0 Å². The van der Waals surface area contributed by atoms with Crippen molar-refractivity contribution in [1.29, 1.82) is 0 Å². The van der Waals surface area contributed by atoms with Crippen LogP contribution in [-0.4, -0.2) is 50.4 Å². The lowest BCUT2D eigenvalue weighted by atomic mass is 9.89. The van der Waals surface area contributed by atoms with Gasteiger partial charge in [0, 0.05) is 49.3 Å². The van der Waals surface area contributed by atoms with Gasteiger partial charge in [-0.05, 0) is 37.5 Å². The zero-order valence-electron chi connectivity index (χ0n) is 17.9. The van der Waals surface area contributed by atoms with Gasteiger partial charge in [-0.3, -0.25) is 14.6 Å². The number of aliphatic imine (C=N–C) groups is 1. The molecule has 0 spiro atoms. The number of amides is 2. The fourth-order valence-electron chi connectivity index (χ4n) is 4.16. The largest absolute Gasteiger partial charge is 0.404 e. The molecule has 1 saturated heterocycles. The molecule has 0 bridgehead atoms. The number of benzene rings is 1. The van der Waals surface area contributed by atoms with E-state index in [4.69, 9.17) is 10.5 Å². The Morgan fingerprint density at radius 3 is 2.60 bits per heavy atom. The molecule has 2 aliphatic heterocycles. The normalized spacial score (nSPS) is 23.3. The van der Waals surface area contributed by atoms with Gasteiger partial charge in [0.1, 0.15) is 0 Å². The Kier molecular flexibility index (Phi) is 5.40. The third-order valence-corrected chi connectivity index (χ3v) is 6.06. The molecule has 2 N–H and O–H groups in total. The van der Waals surface area contributed by atoms with Crippen LogP contribution in [0.1, 0.15) is 39.2 Å². The molecule has 1 atom stereocenters. The van der Waals surface area contributed by atoms with Crippen LogP contribution >= 0.6 is 0 Å². The first-order chi connectivity index (χ1) is 14.3. The number of anilines is 2. The van der Waals surface area contributed by atoms with E-state index in [1.165, 1.54) is 6.20 Å². The SMILES string of the molecule is CC(=O)N1c2ccc(C(C=NCC3(C)COC3)=CN)cc2N(C(=O)C2CC2)CC1C. The second kappa shape index (κ2) is 7.87. The van der Waals surface area contributed by atoms with Crippen molar-refractivity contribution in [3.8, 4) is 0 Å². The molecule has 1 aromatic carbocycles. The van der Waals surface area contributed by atoms with Crippen molar-refractivity contribution < 1.29 is 14.3 Å². The number of nitrogens with zero attached hydrogens (tertiary/aromatic N) is 3. The van der Waals surface area contributed by atoms with Gasteiger partial charge in [-0.2, -0.15) is 0 Å². The second-order valence-corrected chi connectivity index (χ2v) is 9.06. The fraction of sp³-hybridized carbons (Fsp3) is 0.522. The number of nitrogens with two attached hydrogens (primary N) is 1. The van der Waals surface area contributed by atoms with E-state index < -0.39 is 0 Å². The Bertz CT molecular complexity index is 915. The lowest BCUT2D eigenvalue weighted by Gasteiger charge is -2.41. The van der Waals surface area contributed by atoms with Gasteiger partial charge in [0.15, 0.2) is 0 Å². The van der Waals surface area contributed by atoms with Crippen molar-refractivity contribution in [2.45, 2.75) is 39.7 Å². The maximum absolute atomic E-state index is 13.0. The summed E-state index contributed by atoms with van der Waals surface area (Å²) in [6.07, 6.45) is 5.20. The number of carbonyl (C=O) groups excluding carboxylic acids is 2. The van der Waals surface area contributed by atoms with Crippen molar-refractivity contribution in [3.63, 3.8) is 0 Å². The quantitative estimate of drug-likeness (QED) is 0.756. The summed E-state index contributed by atoms with van der Waals surface area (Å²) < 4.78 is 5.28. The van der Waals surface area contributed by atoms with Gasteiger partial charge in [-0.1, -0.05) is 13.0 Å². The number of rotatable bonds is 5. The van der Waals surface area contributed by atoms with Crippen LogP contribution in [0.3, 0.4) is 0 Å². The summed E-state index contributed by atoms with van der Waals surface area (Å²) in [6.45, 7) is 8.32. The van der Waals surface area contributed by atoms with E-state index in [2.05, 4.69) is 11.9 Å². The number of hydrogen-bond acceptors (Lipinski definition) is 5. The molecule has 0 aromatic heterocycles. The highest BCUT2D eigenvalue weighted by Crippen LogP contribution is 2.41. The summed E-state index contributed by atoms with van der Waals surface area (Å²) in [5.41, 5.74) is 9.20. The summed E-state index contributed by atoms with van der Waals surface area (Å²) in [5.74, 6) is 0.226. The van der Waals surface area contributed by atoms with Crippen molar-refractivity contribution in [2.24, 2.45) is 22.1 Å². The van der Waals surface area contributed by atoms with Gasteiger partial charge in [0.2, 0.25) is 11.8 Å². The number of carbonyl (C=O) groups is 2. The van der Waals surface area contributed by atoms with Gasteiger partial charge < -0.3 is 20.3 Å². The van der Waals surface area contributed by atoms with E-state index in [1.807, 2.05) is 30.0 Å². The average Bonchev–Trinajstić information content (AvgIpc) is 3.53. The van der Waals surface area contributed by atoms with Crippen molar-refractivity contribution in [2.75, 3.05) is 36.1 Å². The van der Waals surface area contributed by atoms with Crippen LogP contribution in [0.4, 0.5) is 11.4 Å². The molecule has 1 unspecified atom stereocenters. The molecule has 160 valence electrons. The first-order valence-corrected chi connectivity index (χ1v) is 10.6. The third-order valence-electron chi connectivity index (χ3n) is 6.06. The molecule has 30 heavy (non-hydrogen) atoms. The van der Waals surface area contributed by atoms with E-state index in [1.54, 1.807) is 18.0 Å². The first kappa shape index (κ1) is 20.6. The molecule has 1 aliphatic carbocycles. The minimum atomic E-state index is -0.0694. The van der Waals surface area contributed by atoms with Gasteiger partial charge in [0.05, 0.1) is 30.6 Å². The van der Waals surface area contributed by atoms with Crippen molar-refractivity contribution in [3.05, 3.63) is 30.0 Å². The standard InChI is InChI=1S/C23H30N4O3/c1-15-11-26(22(29)17-4-5-17)21-8-18(6-7-20(21)27(15)16(2)28)19(9-24)10-25-12-23(3)13-30-14-23/h6-10,15,17H,4-5,11-14,24H2,1-3H3. The molecule has 2 fully saturated rings. The van der Waals surface area contributed by atoms with E-state index >= 15 is 0 Å². The third kappa shape index (κ3) is 3.86. The Morgan fingerprint density at radius 1 is 1.30 bits per heavy atom. The second-order valence-electron chi connectivity index (χ2n) is 9.06. The minimum Gasteiger partial charge on any atom is -0.404 e. The van der Waals surface area contributed by atoms with Crippen molar-refractivity contribution in [1.82, 2.24) is 0 Å². The Hall–Kier alpha value is -2.67. The Morgan fingerprint density at radius 2 is 2.03 bits per heavy atom. The highest BCUT2D eigenvalue weighted by molar-refractivity contribution is 6.11. The number of ether oxygens (including phenoxy) is 1. The Balaban J connectivity index is 1.66. The van der Waals surface area contributed by atoms with Crippen LogP contribution in [0.5, 0.6) is 0 Å². The monoisotopic (exact) mass is 410 g/mol. The maximum Gasteiger partial charge on any atom is 0.230 e. The molecule has 1 saturated carbocycles. The summed E-state index contributed by atoms with van der Waals surface area (Å²) in [6, 6.07) is 5.73. The lowest BCUT2D eigenvalue weighted by molar-refractivity contribution is -0.120. The minimum absolute atomic E-state index is 0.0258. The topological polar surface area (TPSA) is 88.2 Å². The molecule has 4 rings (SSSR count). The summed E-state index contributed by atoms with van der Waals surface area (Å²) in [4.78, 5) is 33.5. The van der Waals surface area contributed by atoms with Gasteiger partial charge in [-0.25, -0.2) is 0 Å². The smallest absolute Gasteiger partial charge is 0.230 e. The molecule has 1 aromatic rings. The molecular formula is C23H30N4O3. The number of hydrogen-bond donors (Lipinski definition) is 1. The zero-order valence-corrected chi connectivity index (χ0v) is 17.9. The first-order valence-electron chi connectivity index (χ1n) is 10.6. The predicted octanol–water partition coefficient (Wildman–Crippen LogP) is 2.59. The predicted molar refractivity (Wildman–Crippen MR) is 119 cm³/mol. The lowest BCUT2D eigenvalue weighted by Crippen LogP contribution is -2.51.